The van der Waals surface area contributed by atoms with Crippen molar-refractivity contribution in [2.24, 2.45) is 0 Å². The van der Waals surface area contributed by atoms with Crippen LogP contribution in [0.15, 0.2) is 24.4 Å². The van der Waals surface area contributed by atoms with Gasteiger partial charge in [-0.3, -0.25) is 5.10 Å². The highest BCUT2D eigenvalue weighted by Crippen LogP contribution is 2.22. The Morgan fingerprint density at radius 1 is 1.25 bits per heavy atom. The Balaban J connectivity index is 2.07. The molecule has 0 amide bonds. The van der Waals surface area contributed by atoms with Gasteiger partial charge in [-0.15, -0.1) is 0 Å². The standard InChI is InChI=1S/C11H11Cl2N3/c1-7-8(6-15-16-7)5-14-11-3-9(12)2-10(13)4-11/h2-4,6,14H,5H2,1H3,(H,15,16). The van der Waals surface area contributed by atoms with Crippen molar-refractivity contribution in [1.29, 1.82) is 0 Å². The molecule has 0 saturated carbocycles. The van der Waals surface area contributed by atoms with Gasteiger partial charge in [0.1, 0.15) is 0 Å². The van der Waals surface area contributed by atoms with E-state index < -0.39 is 0 Å². The maximum Gasteiger partial charge on any atom is 0.0539 e. The second kappa shape index (κ2) is 4.76. The number of nitrogens with zero attached hydrogens (tertiary/aromatic N) is 1. The van der Waals surface area contributed by atoms with Gasteiger partial charge < -0.3 is 5.32 Å². The van der Waals surface area contributed by atoms with Gasteiger partial charge in [0.05, 0.1) is 6.20 Å². The summed E-state index contributed by atoms with van der Waals surface area (Å²) in [4.78, 5) is 0. The minimum Gasteiger partial charge on any atom is -0.381 e. The fourth-order valence-corrected chi connectivity index (χ4v) is 1.93. The lowest BCUT2D eigenvalue weighted by Crippen LogP contribution is -1.99. The molecule has 84 valence electrons. The minimum atomic E-state index is 0.624. The Bertz CT molecular complexity index is 473. The third kappa shape index (κ3) is 2.68. The second-order valence-electron chi connectivity index (χ2n) is 3.53. The molecule has 0 bridgehead atoms. The highest BCUT2D eigenvalue weighted by Gasteiger charge is 2.01. The van der Waals surface area contributed by atoms with Gasteiger partial charge in [0, 0.05) is 33.5 Å². The number of aromatic nitrogens is 2. The first-order valence-electron chi connectivity index (χ1n) is 4.84. The van der Waals surface area contributed by atoms with E-state index >= 15 is 0 Å². The van der Waals surface area contributed by atoms with E-state index in [1.807, 2.05) is 19.1 Å². The van der Waals surface area contributed by atoms with Crippen LogP contribution in [-0.2, 0) is 6.54 Å². The molecule has 2 aromatic rings. The zero-order valence-electron chi connectivity index (χ0n) is 8.72. The van der Waals surface area contributed by atoms with Crippen molar-refractivity contribution in [1.82, 2.24) is 10.2 Å². The minimum absolute atomic E-state index is 0.624. The molecule has 5 heteroatoms. The lowest BCUT2D eigenvalue weighted by atomic mass is 10.2. The maximum atomic E-state index is 5.90. The summed E-state index contributed by atoms with van der Waals surface area (Å²) >= 11 is 11.8. The first kappa shape index (κ1) is 11.3. The van der Waals surface area contributed by atoms with Crippen molar-refractivity contribution >= 4 is 28.9 Å². The normalized spacial score (nSPS) is 10.4. The summed E-state index contributed by atoms with van der Waals surface area (Å²) in [5.41, 5.74) is 3.08. The number of halogens is 2. The van der Waals surface area contributed by atoms with E-state index in [9.17, 15) is 0 Å². The fourth-order valence-electron chi connectivity index (χ4n) is 1.41. The number of H-pyrrole nitrogens is 1. The molecule has 16 heavy (non-hydrogen) atoms. The lowest BCUT2D eigenvalue weighted by molar-refractivity contribution is 1.04. The number of hydrogen-bond donors (Lipinski definition) is 2. The quantitative estimate of drug-likeness (QED) is 0.880. The van der Waals surface area contributed by atoms with Crippen LogP contribution in [0.1, 0.15) is 11.3 Å². The van der Waals surface area contributed by atoms with Gasteiger partial charge >= 0.3 is 0 Å². The molecule has 0 spiro atoms. The Morgan fingerprint density at radius 2 is 1.94 bits per heavy atom. The van der Waals surface area contributed by atoms with E-state index in [1.54, 1.807) is 12.3 Å². The number of aromatic amines is 1. The van der Waals surface area contributed by atoms with E-state index in [-0.39, 0.29) is 0 Å². The number of rotatable bonds is 3. The van der Waals surface area contributed by atoms with Gasteiger partial charge in [0.2, 0.25) is 0 Å². The molecule has 0 fully saturated rings. The number of nitrogens with one attached hydrogen (secondary N) is 2. The van der Waals surface area contributed by atoms with Crippen LogP contribution in [0.25, 0.3) is 0 Å². The summed E-state index contributed by atoms with van der Waals surface area (Å²) in [5, 5.41) is 11.3. The average molecular weight is 256 g/mol. The van der Waals surface area contributed by atoms with Crippen LogP contribution in [0.3, 0.4) is 0 Å². The van der Waals surface area contributed by atoms with Crippen LogP contribution >= 0.6 is 23.2 Å². The Morgan fingerprint density at radius 3 is 2.50 bits per heavy atom. The average Bonchev–Trinajstić information content (AvgIpc) is 2.59. The molecule has 0 saturated heterocycles. The van der Waals surface area contributed by atoms with Crippen molar-refractivity contribution in [3.05, 3.63) is 45.7 Å². The molecule has 1 heterocycles. The Hall–Kier alpha value is -1.19. The molecular weight excluding hydrogens is 245 g/mol. The summed E-state index contributed by atoms with van der Waals surface area (Å²) in [6.45, 7) is 2.67. The number of anilines is 1. The van der Waals surface area contributed by atoms with Crippen LogP contribution < -0.4 is 5.32 Å². The lowest BCUT2D eigenvalue weighted by Gasteiger charge is -2.06. The second-order valence-corrected chi connectivity index (χ2v) is 4.40. The summed E-state index contributed by atoms with van der Waals surface area (Å²) in [6, 6.07) is 5.38. The topological polar surface area (TPSA) is 40.7 Å². The Kier molecular flexibility index (Phi) is 3.36. The largest absolute Gasteiger partial charge is 0.381 e. The summed E-state index contributed by atoms with van der Waals surface area (Å²) in [5.74, 6) is 0. The molecule has 0 atom stereocenters. The number of hydrogen-bond acceptors (Lipinski definition) is 2. The predicted octanol–water partition coefficient (Wildman–Crippen LogP) is 3.64. The molecule has 0 aliphatic carbocycles. The molecule has 1 aromatic heterocycles. The zero-order valence-corrected chi connectivity index (χ0v) is 10.2. The van der Waals surface area contributed by atoms with Gasteiger partial charge in [-0.2, -0.15) is 5.10 Å². The summed E-state index contributed by atoms with van der Waals surface area (Å²) < 4.78 is 0. The van der Waals surface area contributed by atoms with Crippen molar-refractivity contribution in [3.63, 3.8) is 0 Å². The highest BCUT2D eigenvalue weighted by molar-refractivity contribution is 6.35. The van der Waals surface area contributed by atoms with E-state index in [4.69, 9.17) is 23.2 Å². The van der Waals surface area contributed by atoms with E-state index in [2.05, 4.69) is 15.5 Å². The van der Waals surface area contributed by atoms with Crippen molar-refractivity contribution < 1.29 is 0 Å². The Labute approximate surface area is 104 Å². The fraction of sp³-hybridized carbons (Fsp3) is 0.182. The van der Waals surface area contributed by atoms with Crippen LogP contribution in [0.4, 0.5) is 5.69 Å². The molecule has 2 N–H and O–H groups in total. The van der Waals surface area contributed by atoms with Gasteiger partial charge in [0.25, 0.3) is 0 Å². The van der Waals surface area contributed by atoms with Gasteiger partial charge in [-0.25, -0.2) is 0 Å². The molecule has 0 aliphatic heterocycles. The van der Waals surface area contributed by atoms with Gasteiger partial charge in [-0.1, -0.05) is 23.2 Å². The molecule has 0 unspecified atom stereocenters. The number of aryl methyl sites for hydroxylation is 1. The molecule has 1 aromatic carbocycles. The molecule has 2 rings (SSSR count). The maximum absolute atomic E-state index is 5.90. The van der Waals surface area contributed by atoms with E-state index in [0.717, 1.165) is 16.9 Å². The molecular formula is C11H11Cl2N3. The van der Waals surface area contributed by atoms with Gasteiger partial charge in [0.15, 0.2) is 0 Å². The van der Waals surface area contributed by atoms with Gasteiger partial charge in [-0.05, 0) is 25.1 Å². The van der Waals surface area contributed by atoms with Crippen LogP contribution in [0.5, 0.6) is 0 Å². The first-order chi connectivity index (χ1) is 7.65. The smallest absolute Gasteiger partial charge is 0.0539 e. The van der Waals surface area contributed by atoms with Crippen molar-refractivity contribution in [2.75, 3.05) is 5.32 Å². The van der Waals surface area contributed by atoms with Crippen LogP contribution in [0, 0.1) is 6.92 Å². The van der Waals surface area contributed by atoms with E-state index in [0.29, 0.717) is 16.6 Å². The van der Waals surface area contributed by atoms with E-state index in [1.165, 1.54) is 0 Å². The summed E-state index contributed by atoms with van der Waals surface area (Å²) in [6.07, 6.45) is 1.80. The third-order valence-electron chi connectivity index (χ3n) is 2.28. The monoisotopic (exact) mass is 255 g/mol. The third-order valence-corrected chi connectivity index (χ3v) is 2.72. The molecule has 3 nitrogen and oxygen atoms in total. The van der Waals surface area contributed by atoms with Crippen molar-refractivity contribution in [3.8, 4) is 0 Å². The number of benzene rings is 1. The highest BCUT2D eigenvalue weighted by atomic mass is 35.5. The van der Waals surface area contributed by atoms with Crippen molar-refractivity contribution in [2.45, 2.75) is 13.5 Å². The first-order valence-corrected chi connectivity index (χ1v) is 5.59. The van der Waals surface area contributed by atoms with Crippen LogP contribution in [0.2, 0.25) is 10.0 Å². The predicted molar refractivity (Wildman–Crippen MR) is 67.1 cm³/mol. The SMILES string of the molecule is Cc1[nH]ncc1CNc1cc(Cl)cc(Cl)c1. The molecule has 0 radical (unpaired) electrons. The zero-order chi connectivity index (χ0) is 11.5. The van der Waals surface area contributed by atoms with Crippen LogP contribution in [-0.4, -0.2) is 10.2 Å². The summed E-state index contributed by atoms with van der Waals surface area (Å²) in [7, 11) is 0. The molecule has 0 aliphatic rings.